The van der Waals surface area contributed by atoms with Crippen molar-refractivity contribution in [3.05, 3.63) is 23.8 Å². The lowest BCUT2D eigenvalue weighted by Crippen LogP contribution is -2.52. The lowest BCUT2D eigenvalue weighted by molar-refractivity contribution is -0.125. The van der Waals surface area contributed by atoms with Gasteiger partial charge in [-0.15, -0.1) is 0 Å². The molecule has 0 unspecified atom stereocenters. The van der Waals surface area contributed by atoms with Crippen LogP contribution in [0.3, 0.4) is 0 Å². The fraction of sp³-hybridized carbons (Fsp3) is 0.556. The van der Waals surface area contributed by atoms with E-state index in [1.807, 2.05) is 0 Å². The smallest absolute Gasteiger partial charge is 0.265 e. The van der Waals surface area contributed by atoms with Gasteiger partial charge in [-0.2, -0.15) is 0 Å². The van der Waals surface area contributed by atoms with Crippen molar-refractivity contribution in [2.24, 2.45) is 5.73 Å². The van der Waals surface area contributed by atoms with E-state index in [0.717, 1.165) is 19.3 Å². The molecule has 0 bridgehead atoms. The summed E-state index contributed by atoms with van der Waals surface area (Å²) in [5.74, 6) is -0.729. The molecule has 7 nitrogen and oxygen atoms in total. The summed E-state index contributed by atoms with van der Waals surface area (Å²) >= 11 is 0. The van der Waals surface area contributed by atoms with Gasteiger partial charge in [0, 0.05) is 30.4 Å². The summed E-state index contributed by atoms with van der Waals surface area (Å²) < 4.78 is 32.2. The predicted octanol–water partition coefficient (Wildman–Crippen LogP) is 1.40. The topological polar surface area (TPSA) is 96.7 Å². The normalized spacial score (nSPS) is 19.1. The molecule has 4 N–H and O–H groups in total. The summed E-state index contributed by atoms with van der Waals surface area (Å²) in [7, 11) is 0. The summed E-state index contributed by atoms with van der Waals surface area (Å²) in [5.41, 5.74) is 5.75. The number of alkyl halides is 2. The standard InChI is InChI=1S/C18H24F2N4O3/c19-17(20)13-8-12(4-5-15(13)24-6-7-27-10-16(24)25)23-18(26)14(9-21)22-11-2-1-3-11/h4-5,8,11,14,17,22H,1-3,6-7,9-10,21H2,(H,23,26)/t14-/m1/s1. The first-order chi connectivity index (χ1) is 13.0. The number of nitrogens with two attached hydrogens (primary N) is 1. The Bertz CT molecular complexity index is 697. The van der Waals surface area contributed by atoms with Crippen LogP contribution in [0.15, 0.2) is 18.2 Å². The Balaban J connectivity index is 1.74. The molecule has 2 amide bonds. The average molecular weight is 382 g/mol. The highest BCUT2D eigenvalue weighted by molar-refractivity contribution is 5.97. The molecule has 0 radical (unpaired) electrons. The van der Waals surface area contributed by atoms with Crippen LogP contribution in [0.1, 0.15) is 31.3 Å². The highest BCUT2D eigenvalue weighted by atomic mass is 19.3. The summed E-state index contributed by atoms with van der Waals surface area (Å²) in [6, 6.07) is 3.84. The molecule has 2 aliphatic rings. The highest BCUT2D eigenvalue weighted by Crippen LogP contribution is 2.33. The molecule has 27 heavy (non-hydrogen) atoms. The van der Waals surface area contributed by atoms with Gasteiger partial charge in [-0.1, -0.05) is 6.42 Å². The van der Waals surface area contributed by atoms with Gasteiger partial charge in [-0.3, -0.25) is 9.59 Å². The Morgan fingerprint density at radius 2 is 2.15 bits per heavy atom. The molecular weight excluding hydrogens is 358 g/mol. The van der Waals surface area contributed by atoms with E-state index >= 15 is 0 Å². The number of nitrogens with one attached hydrogen (secondary N) is 2. The van der Waals surface area contributed by atoms with Gasteiger partial charge in [0.05, 0.1) is 18.3 Å². The molecular formula is C18H24F2N4O3. The van der Waals surface area contributed by atoms with Gasteiger partial charge >= 0.3 is 0 Å². The van der Waals surface area contributed by atoms with Gasteiger partial charge in [0.25, 0.3) is 12.3 Å². The number of morpholine rings is 1. The average Bonchev–Trinajstić information content (AvgIpc) is 2.61. The minimum Gasteiger partial charge on any atom is -0.370 e. The van der Waals surface area contributed by atoms with Crippen molar-refractivity contribution in [1.29, 1.82) is 0 Å². The fourth-order valence-electron chi connectivity index (χ4n) is 3.17. The van der Waals surface area contributed by atoms with Crippen molar-refractivity contribution in [3.8, 4) is 0 Å². The molecule has 0 aromatic heterocycles. The summed E-state index contributed by atoms with van der Waals surface area (Å²) in [4.78, 5) is 25.7. The SMILES string of the molecule is NC[C@@H](NC1CCC1)C(=O)Nc1ccc(N2CCOCC2=O)c(C(F)F)c1. The third-order valence-corrected chi connectivity index (χ3v) is 4.90. The van der Waals surface area contributed by atoms with Crippen molar-refractivity contribution in [2.75, 3.05) is 36.5 Å². The van der Waals surface area contributed by atoms with Gasteiger partial charge in [-0.05, 0) is 31.0 Å². The molecule has 1 saturated heterocycles. The van der Waals surface area contributed by atoms with Crippen molar-refractivity contribution in [3.63, 3.8) is 0 Å². The van der Waals surface area contributed by atoms with Gasteiger partial charge < -0.3 is 26.0 Å². The maximum absolute atomic E-state index is 13.6. The molecule has 1 heterocycles. The Kier molecular flexibility index (Phi) is 6.35. The molecule has 1 atom stereocenters. The molecule has 1 saturated carbocycles. The van der Waals surface area contributed by atoms with E-state index in [9.17, 15) is 18.4 Å². The van der Waals surface area contributed by atoms with E-state index in [-0.39, 0.29) is 61.1 Å². The zero-order valence-corrected chi connectivity index (χ0v) is 14.9. The number of nitrogens with zero attached hydrogens (tertiary/aromatic N) is 1. The molecule has 1 aromatic carbocycles. The summed E-state index contributed by atoms with van der Waals surface area (Å²) in [5, 5.41) is 5.82. The van der Waals surface area contributed by atoms with Crippen LogP contribution in [-0.2, 0) is 14.3 Å². The lowest BCUT2D eigenvalue weighted by Gasteiger charge is -2.30. The van der Waals surface area contributed by atoms with E-state index in [4.69, 9.17) is 10.5 Å². The number of hydrogen-bond acceptors (Lipinski definition) is 5. The molecule has 0 spiro atoms. The van der Waals surface area contributed by atoms with E-state index in [0.29, 0.717) is 0 Å². The minimum absolute atomic E-state index is 0.115. The Morgan fingerprint density at radius 3 is 2.74 bits per heavy atom. The van der Waals surface area contributed by atoms with Crippen molar-refractivity contribution >= 4 is 23.2 Å². The van der Waals surface area contributed by atoms with Crippen LogP contribution in [0, 0.1) is 0 Å². The first kappa shape index (κ1) is 19.7. The van der Waals surface area contributed by atoms with Crippen molar-refractivity contribution < 1.29 is 23.1 Å². The molecule has 148 valence electrons. The van der Waals surface area contributed by atoms with Crippen LogP contribution in [0.4, 0.5) is 20.2 Å². The van der Waals surface area contributed by atoms with Crippen LogP contribution in [0.5, 0.6) is 0 Å². The van der Waals surface area contributed by atoms with Crippen LogP contribution in [0.2, 0.25) is 0 Å². The van der Waals surface area contributed by atoms with Crippen molar-refractivity contribution in [2.45, 2.75) is 37.8 Å². The van der Waals surface area contributed by atoms with Crippen LogP contribution >= 0.6 is 0 Å². The molecule has 1 aliphatic carbocycles. The Hall–Kier alpha value is -2.10. The minimum atomic E-state index is -2.79. The number of ether oxygens (including phenoxy) is 1. The summed E-state index contributed by atoms with van der Waals surface area (Å²) in [6.07, 6.45) is 0.338. The highest BCUT2D eigenvalue weighted by Gasteiger charge is 2.27. The van der Waals surface area contributed by atoms with Crippen LogP contribution in [-0.4, -0.2) is 50.2 Å². The largest absolute Gasteiger partial charge is 0.370 e. The third kappa shape index (κ3) is 4.60. The number of amides is 2. The molecule has 9 heteroatoms. The number of hydrogen-bond donors (Lipinski definition) is 3. The van der Waals surface area contributed by atoms with Gasteiger partial charge in [-0.25, -0.2) is 8.78 Å². The van der Waals surface area contributed by atoms with Crippen LogP contribution < -0.4 is 21.3 Å². The number of anilines is 2. The molecule has 1 aliphatic heterocycles. The van der Waals surface area contributed by atoms with E-state index in [2.05, 4.69) is 10.6 Å². The zero-order chi connectivity index (χ0) is 19.4. The molecule has 3 rings (SSSR count). The zero-order valence-electron chi connectivity index (χ0n) is 14.9. The lowest BCUT2D eigenvalue weighted by atomic mass is 9.92. The third-order valence-electron chi connectivity index (χ3n) is 4.90. The van der Waals surface area contributed by atoms with Gasteiger partial charge in [0.1, 0.15) is 6.61 Å². The van der Waals surface area contributed by atoms with E-state index in [1.165, 1.54) is 23.1 Å². The fourth-order valence-corrected chi connectivity index (χ4v) is 3.17. The number of benzene rings is 1. The quantitative estimate of drug-likeness (QED) is 0.662. The first-order valence-electron chi connectivity index (χ1n) is 9.06. The molecule has 2 fully saturated rings. The number of carbonyl (C=O) groups excluding carboxylic acids is 2. The number of carbonyl (C=O) groups is 2. The molecule has 1 aromatic rings. The first-order valence-corrected chi connectivity index (χ1v) is 9.06. The van der Waals surface area contributed by atoms with Crippen LogP contribution in [0.25, 0.3) is 0 Å². The predicted molar refractivity (Wildman–Crippen MR) is 96.8 cm³/mol. The maximum Gasteiger partial charge on any atom is 0.265 e. The maximum atomic E-state index is 13.6. The van der Waals surface area contributed by atoms with E-state index in [1.54, 1.807) is 0 Å². The number of rotatable bonds is 7. The second-order valence-electron chi connectivity index (χ2n) is 6.74. The van der Waals surface area contributed by atoms with Gasteiger partial charge in [0.15, 0.2) is 0 Å². The van der Waals surface area contributed by atoms with Gasteiger partial charge in [0.2, 0.25) is 5.91 Å². The van der Waals surface area contributed by atoms with Crippen molar-refractivity contribution in [1.82, 2.24) is 5.32 Å². The Morgan fingerprint density at radius 1 is 1.37 bits per heavy atom. The monoisotopic (exact) mass is 382 g/mol. The summed E-state index contributed by atoms with van der Waals surface area (Å²) in [6.45, 7) is 0.485. The second kappa shape index (κ2) is 8.73. The number of halogens is 2. The van der Waals surface area contributed by atoms with E-state index < -0.39 is 12.5 Å². The second-order valence-corrected chi connectivity index (χ2v) is 6.74. The Labute approximate surface area is 156 Å².